The van der Waals surface area contributed by atoms with Gasteiger partial charge in [-0.3, -0.25) is 14.4 Å². The number of hydrogen-bond acceptors (Lipinski definition) is 7. The van der Waals surface area contributed by atoms with Gasteiger partial charge in [-0.25, -0.2) is 4.79 Å². The molecule has 1 fully saturated rings. The average Bonchev–Trinajstić information content (AvgIpc) is 2.65. The Labute approximate surface area is 182 Å². The van der Waals surface area contributed by atoms with Gasteiger partial charge in [-0.2, -0.15) is 0 Å². The van der Waals surface area contributed by atoms with Crippen LogP contribution in [0.25, 0.3) is 0 Å². The van der Waals surface area contributed by atoms with Gasteiger partial charge in [0, 0.05) is 33.3 Å². The number of carbonyl (C=O) groups excluding carboxylic acids is 4. The van der Waals surface area contributed by atoms with Crippen molar-refractivity contribution >= 4 is 29.4 Å². The number of carbonyl (C=O) groups is 4. The zero-order valence-electron chi connectivity index (χ0n) is 18.8. The van der Waals surface area contributed by atoms with Gasteiger partial charge in [0.05, 0.1) is 13.0 Å². The van der Waals surface area contributed by atoms with Crippen LogP contribution in [0, 0.1) is 0 Å². The fourth-order valence-electron chi connectivity index (χ4n) is 3.02. The molecule has 1 heterocycles. The quantitative estimate of drug-likeness (QED) is 0.622. The highest BCUT2D eigenvalue weighted by Crippen LogP contribution is 2.24. The van der Waals surface area contributed by atoms with Crippen molar-refractivity contribution in [2.24, 2.45) is 0 Å². The van der Waals surface area contributed by atoms with Crippen LogP contribution in [0.15, 0.2) is 24.3 Å². The molecule has 1 aromatic carbocycles. The number of morpholine rings is 1. The van der Waals surface area contributed by atoms with Crippen molar-refractivity contribution in [2.45, 2.75) is 51.9 Å². The van der Waals surface area contributed by atoms with Crippen LogP contribution in [0.3, 0.4) is 0 Å². The zero-order valence-corrected chi connectivity index (χ0v) is 18.8. The molecule has 170 valence electrons. The standard InChI is InChI=1S/C22H30N2O7/c1-14(25)30-19(21(28)31-22(2,3)4)18-20(27)24(10-11-29-18)16-9-7-8-15(12-16)13-17(26)23(5)6/h7-9,12,18-19H,10-11,13H2,1-6H3/t18-,19-/m1/s1. The monoisotopic (exact) mass is 434 g/mol. The van der Waals surface area contributed by atoms with Crippen molar-refractivity contribution in [2.75, 3.05) is 32.1 Å². The van der Waals surface area contributed by atoms with Crippen LogP contribution in [0.5, 0.6) is 0 Å². The molecule has 2 amide bonds. The molecule has 0 aromatic heterocycles. The Balaban J connectivity index is 2.27. The van der Waals surface area contributed by atoms with Crippen molar-refractivity contribution in [1.82, 2.24) is 4.90 Å². The van der Waals surface area contributed by atoms with Gasteiger partial charge in [-0.05, 0) is 38.5 Å². The van der Waals surface area contributed by atoms with Crippen LogP contribution in [0.2, 0.25) is 0 Å². The Kier molecular flexibility index (Phi) is 7.78. The minimum atomic E-state index is -1.52. The predicted octanol–water partition coefficient (Wildman–Crippen LogP) is 1.32. The Hall–Kier alpha value is -2.94. The van der Waals surface area contributed by atoms with Gasteiger partial charge in [0.1, 0.15) is 5.60 Å². The van der Waals surface area contributed by atoms with Crippen molar-refractivity contribution < 1.29 is 33.4 Å². The Morgan fingerprint density at radius 2 is 1.94 bits per heavy atom. The minimum Gasteiger partial charge on any atom is -0.457 e. The molecule has 0 unspecified atom stereocenters. The summed E-state index contributed by atoms with van der Waals surface area (Å²) in [5.74, 6) is -2.18. The van der Waals surface area contributed by atoms with Gasteiger partial charge in [-0.15, -0.1) is 0 Å². The first-order chi connectivity index (χ1) is 14.4. The predicted molar refractivity (Wildman–Crippen MR) is 112 cm³/mol. The van der Waals surface area contributed by atoms with Crippen molar-refractivity contribution in [3.05, 3.63) is 29.8 Å². The highest BCUT2D eigenvalue weighted by atomic mass is 16.6. The molecule has 31 heavy (non-hydrogen) atoms. The van der Waals surface area contributed by atoms with Crippen molar-refractivity contribution in [1.29, 1.82) is 0 Å². The molecule has 2 atom stereocenters. The molecule has 1 aliphatic heterocycles. The van der Waals surface area contributed by atoms with E-state index in [4.69, 9.17) is 14.2 Å². The Morgan fingerprint density at radius 1 is 1.26 bits per heavy atom. The lowest BCUT2D eigenvalue weighted by molar-refractivity contribution is -0.188. The maximum Gasteiger partial charge on any atom is 0.351 e. The summed E-state index contributed by atoms with van der Waals surface area (Å²) in [5, 5.41) is 0. The molecule has 1 saturated heterocycles. The van der Waals surface area contributed by atoms with E-state index in [9.17, 15) is 19.2 Å². The first-order valence-corrected chi connectivity index (χ1v) is 10.0. The molecule has 1 aromatic rings. The number of rotatable bonds is 6. The molecule has 1 aliphatic rings. The topological polar surface area (TPSA) is 102 Å². The fourth-order valence-corrected chi connectivity index (χ4v) is 3.02. The smallest absolute Gasteiger partial charge is 0.351 e. The van der Waals surface area contributed by atoms with Crippen molar-refractivity contribution in [3.63, 3.8) is 0 Å². The van der Waals surface area contributed by atoms with Gasteiger partial charge in [-0.1, -0.05) is 12.1 Å². The first-order valence-electron chi connectivity index (χ1n) is 10.0. The normalized spacial score (nSPS) is 17.7. The maximum absolute atomic E-state index is 13.2. The second-order valence-electron chi connectivity index (χ2n) is 8.48. The maximum atomic E-state index is 13.2. The van der Waals surface area contributed by atoms with Crippen LogP contribution in [-0.2, 0) is 39.8 Å². The second kappa shape index (κ2) is 9.91. The summed E-state index contributed by atoms with van der Waals surface area (Å²) in [5.41, 5.74) is 0.476. The second-order valence-corrected chi connectivity index (χ2v) is 8.48. The highest BCUT2D eigenvalue weighted by Gasteiger charge is 2.44. The number of nitrogens with zero attached hydrogens (tertiary/aromatic N) is 2. The fraction of sp³-hybridized carbons (Fsp3) is 0.545. The van der Waals surface area contributed by atoms with Crippen LogP contribution in [0.4, 0.5) is 5.69 Å². The number of hydrogen-bond donors (Lipinski definition) is 0. The van der Waals surface area contributed by atoms with Crippen LogP contribution < -0.4 is 4.90 Å². The number of anilines is 1. The molecule has 0 bridgehead atoms. The number of likely N-dealkylation sites (N-methyl/N-ethyl adjacent to an activating group) is 1. The zero-order chi connectivity index (χ0) is 23.3. The van der Waals surface area contributed by atoms with Gasteiger partial charge < -0.3 is 24.0 Å². The van der Waals surface area contributed by atoms with E-state index in [0.29, 0.717) is 5.69 Å². The van der Waals surface area contributed by atoms with E-state index in [1.165, 1.54) is 9.80 Å². The van der Waals surface area contributed by atoms with Gasteiger partial charge >= 0.3 is 11.9 Å². The first kappa shape index (κ1) is 24.3. The van der Waals surface area contributed by atoms with Crippen molar-refractivity contribution in [3.8, 4) is 0 Å². The van der Waals surface area contributed by atoms with Gasteiger partial charge in [0.15, 0.2) is 6.10 Å². The summed E-state index contributed by atoms with van der Waals surface area (Å²) < 4.78 is 16.0. The lowest BCUT2D eigenvalue weighted by Crippen LogP contribution is -2.56. The van der Waals surface area contributed by atoms with E-state index in [0.717, 1.165) is 12.5 Å². The Bertz CT molecular complexity index is 845. The van der Waals surface area contributed by atoms with Crippen LogP contribution in [-0.4, -0.2) is 73.7 Å². The highest BCUT2D eigenvalue weighted by molar-refractivity contribution is 6.01. The SMILES string of the molecule is CC(=O)O[C@@H](C(=O)OC(C)(C)C)[C@H]1OCCN(c2cccc(CC(=O)N(C)C)c2)C1=O. The molecule has 2 rings (SSSR count). The molecule has 0 radical (unpaired) electrons. The number of ether oxygens (including phenoxy) is 3. The van der Waals surface area contributed by atoms with E-state index in [2.05, 4.69) is 0 Å². The summed E-state index contributed by atoms with van der Waals surface area (Å²) in [7, 11) is 3.35. The van der Waals surface area contributed by atoms with E-state index in [1.54, 1.807) is 59.1 Å². The van der Waals surface area contributed by atoms with E-state index >= 15 is 0 Å². The average molecular weight is 434 g/mol. The lowest BCUT2D eigenvalue weighted by atomic mass is 10.1. The summed E-state index contributed by atoms with van der Waals surface area (Å²) in [6.45, 7) is 6.55. The van der Waals surface area contributed by atoms with E-state index in [1.807, 2.05) is 0 Å². The summed E-state index contributed by atoms with van der Waals surface area (Å²) in [4.78, 5) is 52.4. The molecular formula is C22H30N2O7. The van der Waals surface area contributed by atoms with Crippen LogP contribution in [0.1, 0.15) is 33.3 Å². The third-order valence-electron chi connectivity index (χ3n) is 4.41. The van der Waals surface area contributed by atoms with Gasteiger partial charge in [0.2, 0.25) is 12.0 Å². The number of amides is 2. The Morgan fingerprint density at radius 3 is 2.52 bits per heavy atom. The molecule has 0 N–H and O–H groups in total. The summed E-state index contributed by atoms with van der Waals surface area (Å²) in [6.07, 6.45) is -2.67. The number of benzene rings is 1. The largest absolute Gasteiger partial charge is 0.457 e. The van der Waals surface area contributed by atoms with E-state index < -0.39 is 35.7 Å². The van der Waals surface area contributed by atoms with Gasteiger partial charge in [0.25, 0.3) is 5.91 Å². The summed E-state index contributed by atoms with van der Waals surface area (Å²) in [6, 6.07) is 7.03. The molecule has 9 heteroatoms. The molecule has 0 spiro atoms. The van der Waals surface area contributed by atoms with E-state index in [-0.39, 0.29) is 25.5 Å². The third kappa shape index (κ3) is 6.78. The molecular weight excluding hydrogens is 404 g/mol. The molecule has 0 saturated carbocycles. The minimum absolute atomic E-state index is 0.0665. The molecule has 9 nitrogen and oxygen atoms in total. The third-order valence-corrected chi connectivity index (χ3v) is 4.41. The molecule has 0 aliphatic carbocycles. The summed E-state index contributed by atoms with van der Waals surface area (Å²) >= 11 is 0. The van der Waals surface area contributed by atoms with Crippen LogP contribution >= 0.6 is 0 Å². The lowest BCUT2D eigenvalue weighted by Gasteiger charge is -2.35. The number of esters is 2.